The lowest BCUT2D eigenvalue weighted by atomic mass is 9.94. The van der Waals surface area contributed by atoms with Crippen molar-refractivity contribution < 1.29 is 9.90 Å². The van der Waals surface area contributed by atoms with E-state index in [1.807, 2.05) is 11.8 Å². The number of likely N-dealkylation sites (tertiary alicyclic amines) is 2. The Bertz CT molecular complexity index is 396. The summed E-state index contributed by atoms with van der Waals surface area (Å²) >= 11 is 0. The van der Waals surface area contributed by atoms with Gasteiger partial charge in [0.05, 0.1) is 6.10 Å². The molecule has 2 heterocycles. The van der Waals surface area contributed by atoms with Crippen LogP contribution in [-0.2, 0) is 0 Å². The SMILES string of the molecule is CC(O)C1CCCN(C(=O)NC2CCN(CC3CCCC3)C2)C1. The fraction of sp³-hybridized carbons (Fsp3) is 0.944. The molecule has 0 spiro atoms. The molecule has 3 atom stereocenters. The lowest BCUT2D eigenvalue weighted by molar-refractivity contribution is 0.0733. The number of nitrogens with zero attached hydrogens (tertiary/aromatic N) is 2. The lowest BCUT2D eigenvalue weighted by Gasteiger charge is -2.34. The van der Waals surface area contributed by atoms with Crippen LogP contribution in [0.15, 0.2) is 0 Å². The highest BCUT2D eigenvalue weighted by Crippen LogP contribution is 2.27. The minimum absolute atomic E-state index is 0.0723. The number of aliphatic hydroxyl groups excluding tert-OH is 1. The van der Waals surface area contributed by atoms with Crippen molar-refractivity contribution in [3.63, 3.8) is 0 Å². The van der Waals surface area contributed by atoms with Gasteiger partial charge in [-0.2, -0.15) is 0 Å². The monoisotopic (exact) mass is 323 g/mol. The van der Waals surface area contributed by atoms with Crippen LogP contribution < -0.4 is 5.32 Å². The standard InChI is InChI=1S/C18H33N3O2/c1-14(22)16-7-4-9-21(12-16)18(23)19-17-8-10-20(13-17)11-15-5-2-3-6-15/h14-17,22H,2-13H2,1H3,(H,19,23). The molecule has 0 aromatic heterocycles. The van der Waals surface area contributed by atoms with Crippen LogP contribution in [0.4, 0.5) is 4.79 Å². The van der Waals surface area contributed by atoms with E-state index in [4.69, 9.17) is 0 Å². The second kappa shape index (κ2) is 7.84. The minimum atomic E-state index is -0.320. The molecule has 2 N–H and O–H groups in total. The van der Waals surface area contributed by atoms with Gasteiger partial charge in [-0.15, -0.1) is 0 Å². The summed E-state index contributed by atoms with van der Waals surface area (Å²) in [6, 6.07) is 0.374. The van der Waals surface area contributed by atoms with Crippen molar-refractivity contribution >= 4 is 6.03 Å². The fourth-order valence-electron chi connectivity index (χ4n) is 4.53. The Kier molecular flexibility index (Phi) is 5.81. The number of urea groups is 1. The predicted octanol–water partition coefficient (Wildman–Crippen LogP) is 2.05. The van der Waals surface area contributed by atoms with Crippen molar-refractivity contribution in [2.75, 3.05) is 32.7 Å². The summed E-state index contributed by atoms with van der Waals surface area (Å²) < 4.78 is 0. The van der Waals surface area contributed by atoms with Crippen LogP contribution in [0.5, 0.6) is 0 Å². The summed E-state index contributed by atoms with van der Waals surface area (Å²) in [4.78, 5) is 16.9. The third kappa shape index (κ3) is 4.60. The van der Waals surface area contributed by atoms with E-state index in [-0.39, 0.29) is 18.1 Å². The molecule has 1 aliphatic carbocycles. The molecular formula is C18H33N3O2. The summed E-state index contributed by atoms with van der Waals surface area (Å²) in [5.41, 5.74) is 0. The molecule has 0 radical (unpaired) electrons. The van der Waals surface area contributed by atoms with E-state index in [9.17, 15) is 9.90 Å². The number of aliphatic hydroxyl groups is 1. The van der Waals surface area contributed by atoms with Crippen molar-refractivity contribution in [2.24, 2.45) is 11.8 Å². The molecule has 3 unspecified atom stereocenters. The van der Waals surface area contributed by atoms with E-state index in [1.165, 1.54) is 32.2 Å². The van der Waals surface area contributed by atoms with E-state index >= 15 is 0 Å². The first-order valence-corrected chi connectivity index (χ1v) is 9.57. The summed E-state index contributed by atoms with van der Waals surface area (Å²) in [7, 11) is 0. The maximum Gasteiger partial charge on any atom is 0.317 e. The van der Waals surface area contributed by atoms with Gasteiger partial charge in [-0.25, -0.2) is 4.79 Å². The molecule has 3 aliphatic rings. The van der Waals surface area contributed by atoms with Crippen LogP contribution in [0.3, 0.4) is 0 Å². The Balaban J connectivity index is 1.41. The molecule has 0 aromatic rings. The number of rotatable bonds is 4. The predicted molar refractivity (Wildman–Crippen MR) is 91.3 cm³/mol. The molecule has 132 valence electrons. The van der Waals surface area contributed by atoms with Crippen molar-refractivity contribution in [1.29, 1.82) is 0 Å². The highest BCUT2D eigenvalue weighted by molar-refractivity contribution is 5.74. The number of piperidine rings is 1. The summed E-state index contributed by atoms with van der Waals surface area (Å²) in [5.74, 6) is 1.12. The average Bonchev–Trinajstić information content (AvgIpc) is 3.20. The normalized spacial score (nSPS) is 31.5. The van der Waals surface area contributed by atoms with Crippen molar-refractivity contribution in [3.05, 3.63) is 0 Å². The molecule has 2 saturated heterocycles. The van der Waals surface area contributed by atoms with Gasteiger partial charge in [0, 0.05) is 44.7 Å². The van der Waals surface area contributed by atoms with E-state index in [1.54, 1.807) is 0 Å². The number of carbonyl (C=O) groups is 1. The Morgan fingerprint density at radius 1 is 1.13 bits per heavy atom. The second-order valence-electron chi connectivity index (χ2n) is 7.93. The molecule has 2 aliphatic heterocycles. The topological polar surface area (TPSA) is 55.8 Å². The third-order valence-corrected chi connectivity index (χ3v) is 6.02. The van der Waals surface area contributed by atoms with Crippen molar-refractivity contribution in [3.8, 4) is 0 Å². The number of amides is 2. The highest BCUT2D eigenvalue weighted by atomic mass is 16.3. The van der Waals surface area contributed by atoms with Crippen LogP contribution in [0.1, 0.15) is 51.9 Å². The second-order valence-corrected chi connectivity index (χ2v) is 7.93. The number of hydrogen-bond acceptors (Lipinski definition) is 3. The van der Waals surface area contributed by atoms with Gasteiger partial charge in [0.1, 0.15) is 0 Å². The quantitative estimate of drug-likeness (QED) is 0.832. The Labute approximate surface area is 140 Å². The lowest BCUT2D eigenvalue weighted by Crippen LogP contribution is -2.50. The summed E-state index contributed by atoms with van der Waals surface area (Å²) in [6.07, 6.45) is 8.37. The Morgan fingerprint density at radius 3 is 2.65 bits per heavy atom. The molecule has 5 heteroatoms. The molecular weight excluding hydrogens is 290 g/mol. The third-order valence-electron chi connectivity index (χ3n) is 6.02. The Morgan fingerprint density at radius 2 is 1.91 bits per heavy atom. The molecule has 2 amide bonds. The van der Waals surface area contributed by atoms with Gasteiger partial charge in [-0.1, -0.05) is 12.8 Å². The van der Waals surface area contributed by atoms with Crippen LogP contribution in [0.25, 0.3) is 0 Å². The van der Waals surface area contributed by atoms with Gasteiger partial charge in [-0.3, -0.25) is 0 Å². The molecule has 1 saturated carbocycles. The molecule has 5 nitrogen and oxygen atoms in total. The molecule has 0 bridgehead atoms. The zero-order valence-electron chi connectivity index (χ0n) is 14.5. The van der Waals surface area contributed by atoms with E-state index in [2.05, 4.69) is 10.2 Å². The number of carbonyl (C=O) groups excluding carboxylic acids is 1. The molecule has 0 aromatic carbocycles. The first-order valence-electron chi connectivity index (χ1n) is 9.57. The first kappa shape index (κ1) is 17.0. The van der Waals surface area contributed by atoms with Gasteiger partial charge in [0.2, 0.25) is 0 Å². The van der Waals surface area contributed by atoms with Crippen molar-refractivity contribution in [1.82, 2.24) is 15.1 Å². The molecule has 3 fully saturated rings. The number of hydrogen-bond donors (Lipinski definition) is 2. The summed E-state index contributed by atoms with van der Waals surface area (Å²) in [6.45, 7) is 6.72. The highest BCUT2D eigenvalue weighted by Gasteiger charge is 2.30. The van der Waals surface area contributed by atoms with Crippen LogP contribution in [-0.4, -0.2) is 65.8 Å². The number of nitrogens with one attached hydrogen (secondary N) is 1. The fourth-order valence-corrected chi connectivity index (χ4v) is 4.53. The maximum absolute atomic E-state index is 12.5. The van der Waals surface area contributed by atoms with E-state index in [0.717, 1.165) is 44.8 Å². The first-order chi connectivity index (χ1) is 11.1. The van der Waals surface area contributed by atoms with Gasteiger partial charge >= 0.3 is 6.03 Å². The molecule has 3 rings (SSSR count). The van der Waals surface area contributed by atoms with Crippen molar-refractivity contribution in [2.45, 2.75) is 64.0 Å². The smallest absolute Gasteiger partial charge is 0.317 e. The van der Waals surface area contributed by atoms with Crippen LogP contribution in [0, 0.1) is 11.8 Å². The largest absolute Gasteiger partial charge is 0.393 e. The van der Waals surface area contributed by atoms with E-state index in [0.29, 0.717) is 12.6 Å². The van der Waals surface area contributed by atoms with E-state index < -0.39 is 0 Å². The maximum atomic E-state index is 12.5. The van der Waals surface area contributed by atoms with Gasteiger partial charge in [0.15, 0.2) is 0 Å². The summed E-state index contributed by atoms with van der Waals surface area (Å²) in [5, 5.41) is 13.0. The zero-order valence-corrected chi connectivity index (χ0v) is 14.5. The molecule has 23 heavy (non-hydrogen) atoms. The Hall–Kier alpha value is -0.810. The van der Waals surface area contributed by atoms with Crippen LogP contribution >= 0.6 is 0 Å². The van der Waals surface area contributed by atoms with Gasteiger partial charge in [0.25, 0.3) is 0 Å². The average molecular weight is 323 g/mol. The zero-order chi connectivity index (χ0) is 16.2. The van der Waals surface area contributed by atoms with Gasteiger partial charge < -0.3 is 20.2 Å². The minimum Gasteiger partial charge on any atom is -0.393 e. The van der Waals surface area contributed by atoms with Gasteiger partial charge in [-0.05, 0) is 44.9 Å². The van der Waals surface area contributed by atoms with Crippen LogP contribution in [0.2, 0.25) is 0 Å².